The van der Waals surface area contributed by atoms with Gasteiger partial charge in [0.05, 0.1) is 25.7 Å². The second-order valence-electron chi connectivity index (χ2n) is 6.10. The molecule has 0 aliphatic carbocycles. The van der Waals surface area contributed by atoms with Crippen LogP contribution >= 0.6 is 0 Å². The Bertz CT molecular complexity index is 1050. The highest BCUT2D eigenvalue weighted by molar-refractivity contribution is 7.89. The minimum atomic E-state index is -3.74. The first-order valence-electron chi connectivity index (χ1n) is 8.53. The Hall–Kier alpha value is -2.84. The van der Waals surface area contributed by atoms with Crippen molar-refractivity contribution in [2.75, 3.05) is 14.2 Å². The third-order valence-electron chi connectivity index (χ3n) is 4.30. The molecule has 0 saturated carbocycles. The van der Waals surface area contributed by atoms with Gasteiger partial charge in [-0.25, -0.2) is 17.5 Å². The number of rotatable bonds is 8. The first kappa shape index (κ1) is 19.9. The lowest BCUT2D eigenvalue weighted by atomic mass is 10.2. The molecule has 0 bridgehead atoms. The van der Waals surface area contributed by atoms with Gasteiger partial charge in [0.1, 0.15) is 5.82 Å². The fraction of sp³-hybridized carbons (Fsp3) is 0.200. The lowest BCUT2D eigenvalue weighted by molar-refractivity contribution is 0.354. The Morgan fingerprint density at radius 2 is 1.71 bits per heavy atom. The Kier molecular flexibility index (Phi) is 6.01. The van der Waals surface area contributed by atoms with Crippen molar-refractivity contribution in [3.05, 3.63) is 77.9 Å². The standard InChI is InChI=1S/C20H21FN2O4S/c1-26-19-10-9-18(12-20(19)27-2)28(24,25)22-13-17-4-3-11-23(17)14-15-5-7-16(21)8-6-15/h3-12,22H,13-14H2,1-2H3. The summed E-state index contributed by atoms with van der Waals surface area (Å²) >= 11 is 0. The van der Waals surface area contributed by atoms with Gasteiger partial charge in [-0.05, 0) is 42.0 Å². The van der Waals surface area contributed by atoms with Crippen molar-refractivity contribution in [3.63, 3.8) is 0 Å². The van der Waals surface area contributed by atoms with E-state index in [1.54, 1.807) is 18.2 Å². The summed E-state index contributed by atoms with van der Waals surface area (Å²) in [5.74, 6) is 0.499. The van der Waals surface area contributed by atoms with E-state index in [4.69, 9.17) is 9.47 Å². The molecule has 0 aliphatic rings. The molecule has 1 N–H and O–H groups in total. The van der Waals surface area contributed by atoms with Gasteiger partial charge in [-0.2, -0.15) is 0 Å². The number of halogens is 1. The molecule has 0 atom stereocenters. The number of hydrogen-bond donors (Lipinski definition) is 1. The number of benzene rings is 2. The van der Waals surface area contributed by atoms with Crippen LogP contribution in [-0.2, 0) is 23.1 Å². The molecule has 2 aromatic carbocycles. The summed E-state index contributed by atoms with van der Waals surface area (Å²) in [6.45, 7) is 0.631. The molecule has 148 valence electrons. The quantitative estimate of drug-likeness (QED) is 0.626. The maximum atomic E-state index is 13.1. The Morgan fingerprint density at radius 1 is 1.00 bits per heavy atom. The molecule has 0 saturated heterocycles. The number of nitrogens with zero attached hydrogens (tertiary/aromatic N) is 1. The van der Waals surface area contributed by atoms with Crippen LogP contribution in [-0.4, -0.2) is 27.2 Å². The van der Waals surface area contributed by atoms with Crippen LogP contribution in [0.25, 0.3) is 0 Å². The molecule has 0 amide bonds. The van der Waals surface area contributed by atoms with Crippen molar-refractivity contribution in [2.45, 2.75) is 18.0 Å². The van der Waals surface area contributed by atoms with Crippen LogP contribution in [0.4, 0.5) is 4.39 Å². The largest absolute Gasteiger partial charge is 0.493 e. The molecular weight excluding hydrogens is 383 g/mol. The van der Waals surface area contributed by atoms with E-state index in [0.29, 0.717) is 18.0 Å². The molecule has 0 aliphatic heterocycles. The van der Waals surface area contributed by atoms with E-state index in [2.05, 4.69) is 4.72 Å². The maximum Gasteiger partial charge on any atom is 0.241 e. The summed E-state index contributed by atoms with van der Waals surface area (Å²) in [6.07, 6.45) is 1.85. The highest BCUT2D eigenvalue weighted by atomic mass is 32.2. The van der Waals surface area contributed by atoms with E-state index >= 15 is 0 Å². The van der Waals surface area contributed by atoms with Gasteiger partial charge in [-0.15, -0.1) is 0 Å². The number of aromatic nitrogens is 1. The predicted molar refractivity (Wildman–Crippen MR) is 104 cm³/mol. The summed E-state index contributed by atoms with van der Waals surface area (Å²) in [6, 6.07) is 14.3. The van der Waals surface area contributed by atoms with Crippen LogP contribution < -0.4 is 14.2 Å². The lowest BCUT2D eigenvalue weighted by Gasteiger charge is -2.13. The van der Waals surface area contributed by atoms with Gasteiger partial charge >= 0.3 is 0 Å². The summed E-state index contributed by atoms with van der Waals surface area (Å²) in [5.41, 5.74) is 1.70. The lowest BCUT2D eigenvalue weighted by Crippen LogP contribution is -2.24. The third kappa shape index (κ3) is 4.52. The number of sulfonamides is 1. The zero-order chi connectivity index (χ0) is 20.1. The first-order valence-corrected chi connectivity index (χ1v) is 10.0. The molecule has 1 heterocycles. The fourth-order valence-corrected chi connectivity index (χ4v) is 3.80. The van der Waals surface area contributed by atoms with E-state index < -0.39 is 10.0 Å². The fourth-order valence-electron chi connectivity index (χ4n) is 2.79. The summed E-state index contributed by atoms with van der Waals surface area (Å²) in [5, 5.41) is 0. The molecule has 6 nitrogen and oxygen atoms in total. The third-order valence-corrected chi connectivity index (χ3v) is 5.70. The van der Waals surface area contributed by atoms with Crippen molar-refractivity contribution in [1.29, 1.82) is 0 Å². The summed E-state index contributed by atoms with van der Waals surface area (Å²) in [4.78, 5) is 0.0850. The van der Waals surface area contributed by atoms with Gasteiger partial charge in [-0.1, -0.05) is 12.1 Å². The zero-order valence-corrected chi connectivity index (χ0v) is 16.4. The number of methoxy groups -OCH3 is 2. The van der Waals surface area contributed by atoms with Gasteiger partial charge in [0.2, 0.25) is 10.0 Å². The summed E-state index contributed by atoms with van der Waals surface area (Å²) in [7, 11) is -0.804. The van der Waals surface area contributed by atoms with Crippen LogP contribution in [0.15, 0.2) is 65.7 Å². The highest BCUT2D eigenvalue weighted by Crippen LogP contribution is 2.29. The molecule has 3 aromatic rings. The Balaban J connectivity index is 1.73. The van der Waals surface area contributed by atoms with E-state index in [1.807, 2.05) is 22.9 Å². The molecule has 0 unspecified atom stereocenters. The highest BCUT2D eigenvalue weighted by Gasteiger charge is 2.17. The second kappa shape index (κ2) is 8.45. The summed E-state index contributed by atoms with van der Waals surface area (Å²) < 4.78 is 53.2. The van der Waals surface area contributed by atoms with Crippen LogP contribution in [0, 0.1) is 5.82 Å². The predicted octanol–water partition coefficient (Wildman–Crippen LogP) is 3.17. The normalized spacial score (nSPS) is 11.4. The maximum absolute atomic E-state index is 13.1. The van der Waals surface area contributed by atoms with E-state index in [1.165, 1.54) is 38.5 Å². The van der Waals surface area contributed by atoms with Gasteiger partial charge in [0.25, 0.3) is 0 Å². The monoisotopic (exact) mass is 404 g/mol. The van der Waals surface area contributed by atoms with Crippen molar-refractivity contribution < 1.29 is 22.3 Å². The van der Waals surface area contributed by atoms with Gasteiger partial charge in [0, 0.05) is 24.5 Å². The van der Waals surface area contributed by atoms with E-state index in [-0.39, 0.29) is 17.3 Å². The average Bonchev–Trinajstić information content (AvgIpc) is 3.14. The van der Waals surface area contributed by atoms with Crippen molar-refractivity contribution in [2.24, 2.45) is 0 Å². The topological polar surface area (TPSA) is 69.6 Å². The van der Waals surface area contributed by atoms with Crippen LogP contribution in [0.3, 0.4) is 0 Å². The van der Waals surface area contributed by atoms with Gasteiger partial charge < -0.3 is 14.0 Å². The van der Waals surface area contributed by atoms with Crippen molar-refractivity contribution >= 4 is 10.0 Å². The molecular formula is C20H21FN2O4S. The van der Waals surface area contributed by atoms with E-state index in [9.17, 15) is 12.8 Å². The zero-order valence-electron chi connectivity index (χ0n) is 15.6. The van der Waals surface area contributed by atoms with Gasteiger partial charge in [0.15, 0.2) is 11.5 Å². The number of hydrogen-bond acceptors (Lipinski definition) is 4. The molecule has 0 radical (unpaired) electrons. The Labute approximate surface area is 163 Å². The minimum absolute atomic E-state index is 0.0850. The smallest absolute Gasteiger partial charge is 0.241 e. The number of nitrogens with one attached hydrogen (secondary N) is 1. The SMILES string of the molecule is COc1ccc(S(=O)(=O)NCc2cccn2Cc2ccc(F)cc2)cc1OC. The molecule has 3 rings (SSSR count). The minimum Gasteiger partial charge on any atom is -0.493 e. The van der Waals surface area contributed by atoms with E-state index in [0.717, 1.165) is 11.3 Å². The molecule has 0 spiro atoms. The van der Waals surface area contributed by atoms with Crippen LogP contribution in [0.5, 0.6) is 11.5 Å². The van der Waals surface area contributed by atoms with Crippen molar-refractivity contribution in [3.8, 4) is 11.5 Å². The second-order valence-corrected chi connectivity index (χ2v) is 7.86. The molecule has 28 heavy (non-hydrogen) atoms. The molecule has 8 heteroatoms. The van der Waals surface area contributed by atoms with Gasteiger partial charge in [-0.3, -0.25) is 0 Å². The van der Waals surface area contributed by atoms with Crippen LogP contribution in [0.1, 0.15) is 11.3 Å². The number of ether oxygens (including phenoxy) is 2. The Morgan fingerprint density at radius 3 is 2.39 bits per heavy atom. The molecule has 0 fully saturated rings. The molecule has 1 aromatic heterocycles. The average molecular weight is 404 g/mol. The van der Waals surface area contributed by atoms with Crippen molar-refractivity contribution in [1.82, 2.24) is 9.29 Å². The first-order chi connectivity index (χ1) is 13.4. The van der Waals surface area contributed by atoms with Crippen LogP contribution in [0.2, 0.25) is 0 Å².